The molecule has 3 aromatic carbocycles. The normalized spacial score (nSPS) is 10.4. The maximum Gasteiger partial charge on any atom is 0.165 e. The Balaban J connectivity index is 1.85. The quantitative estimate of drug-likeness (QED) is 0.369. The molecule has 0 amide bonds. The summed E-state index contributed by atoms with van der Waals surface area (Å²) in [6, 6.07) is 21.9. The molecule has 6 heteroatoms. The summed E-state index contributed by atoms with van der Waals surface area (Å²) in [6.45, 7) is 0.289. The summed E-state index contributed by atoms with van der Waals surface area (Å²) in [7, 11) is 1.39. The molecule has 0 aliphatic rings. The SMILES string of the molecule is COc1ccc(-c2c(OCc3ccccc3)ccnc2-c2ccc(C#N)c(F)c2)cc1F. The van der Waals surface area contributed by atoms with Gasteiger partial charge in [0, 0.05) is 11.8 Å². The molecule has 0 aliphatic heterocycles. The van der Waals surface area contributed by atoms with Crippen LogP contribution in [-0.4, -0.2) is 12.1 Å². The van der Waals surface area contributed by atoms with Crippen molar-refractivity contribution in [3.8, 4) is 40.0 Å². The number of benzene rings is 3. The van der Waals surface area contributed by atoms with Crippen LogP contribution in [0.4, 0.5) is 8.78 Å². The summed E-state index contributed by atoms with van der Waals surface area (Å²) in [5.41, 5.74) is 2.75. The zero-order chi connectivity index (χ0) is 22.5. The first kappa shape index (κ1) is 21.0. The highest BCUT2D eigenvalue weighted by Gasteiger charge is 2.18. The van der Waals surface area contributed by atoms with Gasteiger partial charge in [-0.1, -0.05) is 42.5 Å². The van der Waals surface area contributed by atoms with Crippen LogP contribution >= 0.6 is 0 Å². The van der Waals surface area contributed by atoms with E-state index in [1.165, 1.54) is 31.4 Å². The van der Waals surface area contributed by atoms with E-state index in [-0.39, 0.29) is 17.9 Å². The molecular weight excluding hydrogens is 410 g/mol. The highest BCUT2D eigenvalue weighted by atomic mass is 19.1. The molecule has 0 saturated heterocycles. The van der Waals surface area contributed by atoms with Crippen LogP contribution in [0.5, 0.6) is 11.5 Å². The first-order chi connectivity index (χ1) is 15.6. The van der Waals surface area contributed by atoms with E-state index in [2.05, 4.69) is 4.98 Å². The standard InChI is InChI=1S/C26H18F2N2O2/c1-31-23-10-9-18(13-22(23)28)25-24(32-16-17-5-3-2-4-6-17)11-12-30-26(25)19-7-8-20(15-29)21(27)14-19/h2-14H,16H2,1H3. The van der Waals surface area contributed by atoms with Gasteiger partial charge in [-0.25, -0.2) is 8.78 Å². The third kappa shape index (κ3) is 4.28. The van der Waals surface area contributed by atoms with Crippen molar-refractivity contribution in [1.29, 1.82) is 5.26 Å². The molecule has 0 radical (unpaired) electrons. The Morgan fingerprint density at radius 1 is 0.875 bits per heavy atom. The van der Waals surface area contributed by atoms with Crippen molar-refractivity contribution in [2.24, 2.45) is 0 Å². The van der Waals surface area contributed by atoms with E-state index in [0.29, 0.717) is 28.1 Å². The molecule has 1 aromatic heterocycles. The van der Waals surface area contributed by atoms with Crippen LogP contribution in [0.2, 0.25) is 0 Å². The van der Waals surface area contributed by atoms with Crippen LogP contribution < -0.4 is 9.47 Å². The lowest BCUT2D eigenvalue weighted by Crippen LogP contribution is -2.00. The Labute approximate surface area is 184 Å². The molecule has 4 nitrogen and oxygen atoms in total. The average molecular weight is 428 g/mol. The Kier molecular flexibility index (Phi) is 6.09. The number of rotatable bonds is 6. The molecule has 0 spiro atoms. The fourth-order valence-electron chi connectivity index (χ4n) is 3.37. The lowest BCUT2D eigenvalue weighted by molar-refractivity contribution is 0.307. The van der Waals surface area contributed by atoms with Crippen molar-refractivity contribution in [3.63, 3.8) is 0 Å². The lowest BCUT2D eigenvalue weighted by Gasteiger charge is -2.16. The Hall–Kier alpha value is -4.24. The van der Waals surface area contributed by atoms with E-state index < -0.39 is 11.6 Å². The number of aromatic nitrogens is 1. The first-order valence-corrected chi connectivity index (χ1v) is 9.80. The van der Waals surface area contributed by atoms with E-state index in [9.17, 15) is 8.78 Å². The highest BCUT2D eigenvalue weighted by Crippen LogP contribution is 2.39. The molecule has 0 bridgehead atoms. The van der Waals surface area contributed by atoms with Crippen LogP contribution in [0.3, 0.4) is 0 Å². The van der Waals surface area contributed by atoms with E-state index in [0.717, 1.165) is 5.56 Å². The van der Waals surface area contributed by atoms with Gasteiger partial charge in [0.15, 0.2) is 11.6 Å². The van der Waals surface area contributed by atoms with Crippen molar-refractivity contribution in [2.45, 2.75) is 6.61 Å². The van der Waals surface area contributed by atoms with Gasteiger partial charge < -0.3 is 9.47 Å². The molecule has 0 atom stereocenters. The Bertz CT molecular complexity index is 1300. The van der Waals surface area contributed by atoms with Gasteiger partial charge in [-0.05, 0) is 41.5 Å². The summed E-state index contributed by atoms with van der Waals surface area (Å²) in [4.78, 5) is 4.43. The first-order valence-electron chi connectivity index (χ1n) is 9.80. The zero-order valence-electron chi connectivity index (χ0n) is 17.2. The van der Waals surface area contributed by atoms with Crippen molar-refractivity contribution in [1.82, 2.24) is 4.98 Å². The number of methoxy groups -OCH3 is 1. The van der Waals surface area contributed by atoms with Gasteiger partial charge >= 0.3 is 0 Å². The molecule has 1 heterocycles. The number of nitriles is 1. The topological polar surface area (TPSA) is 55.1 Å². The van der Waals surface area contributed by atoms with Crippen LogP contribution in [0.15, 0.2) is 79.0 Å². The Morgan fingerprint density at radius 2 is 1.62 bits per heavy atom. The summed E-state index contributed by atoms with van der Waals surface area (Å²) in [5, 5.41) is 9.04. The number of pyridine rings is 1. The van der Waals surface area contributed by atoms with Gasteiger partial charge in [-0.2, -0.15) is 5.26 Å². The van der Waals surface area contributed by atoms with Crippen molar-refractivity contribution in [3.05, 3.63) is 102 Å². The van der Waals surface area contributed by atoms with Gasteiger partial charge in [0.1, 0.15) is 24.2 Å². The molecule has 0 fully saturated rings. The second-order valence-corrected chi connectivity index (χ2v) is 6.96. The van der Waals surface area contributed by atoms with E-state index in [1.807, 2.05) is 30.3 Å². The molecule has 0 aliphatic carbocycles. The number of hydrogen-bond donors (Lipinski definition) is 0. The Morgan fingerprint density at radius 3 is 2.31 bits per heavy atom. The molecule has 158 valence electrons. The number of ether oxygens (including phenoxy) is 2. The lowest BCUT2D eigenvalue weighted by atomic mass is 9.97. The molecule has 4 aromatic rings. The van der Waals surface area contributed by atoms with E-state index >= 15 is 0 Å². The van der Waals surface area contributed by atoms with Gasteiger partial charge in [-0.15, -0.1) is 0 Å². The van der Waals surface area contributed by atoms with Crippen LogP contribution in [0.25, 0.3) is 22.4 Å². The predicted molar refractivity (Wildman–Crippen MR) is 117 cm³/mol. The number of hydrogen-bond acceptors (Lipinski definition) is 4. The zero-order valence-corrected chi connectivity index (χ0v) is 17.2. The maximum absolute atomic E-state index is 14.5. The van der Waals surface area contributed by atoms with Gasteiger partial charge in [-0.3, -0.25) is 4.98 Å². The highest BCUT2D eigenvalue weighted by molar-refractivity contribution is 5.85. The summed E-state index contributed by atoms with van der Waals surface area (Å²) in [6.07, 6.45) is 1.55. The monoisotopic (exact) mass is 428 g/mol. The number of halogens is 2. The predicted octanol–water partition coefficient (Wildman–Crippen LogP) is 6.15. The largest absolute Gasteiger partial charge is 0.494 e. The van der Waals surface area contributed by atoms with Crippen LogP contribution in [0, 0.1) is 23.0 Å². The molecular formula is C26H18F2N2O2. The van der Waals surface area contributed by atoms with E-state index in [1.54, 1.807) is 30.5 Å². The molecule has 0 saturated carbocycles. The minimum absolute atomic E-state index is 0.0673. The second kappa shape index (κ2) is 9.27. The summed E-state index contributed by atoms with van der Waals surface area (Å²) < 4.78 is 40.0. The third-order valence-electron chi connectivity index (χ3n) is 4.95. The van der Waals surface area contributed by atoms with Crippen molar-refractivity contribution in [2.75, 3.05) is 7.11 Å². The van der Waals surface area contributed by atoms with Crippen molar-refractivity contribution < 1.29 is 18.3 Å². The minimum atomic E-state index is -0.658. The molecule has 0 N–H and O–H groups in total. The fourth-order valence-corrected chi connectivity index (χ4v) is 3.37. The second-order valence-electron chi connectivity index (χ2n) is 6.96. The van der Waals surface area contributed by atoms with Crippen molar-refractivity contribution >= 4 is 0 Å². The average Bonchev–Trinajstić information content (AvgIpc) is 2.83. The van der Waals surface area contributed by atoms with Gasteiger partial charge in [0.05, 0.1) is 23.9 Å². The molecule has 0 unspecified atom stereocenters. The number of nitrogens with zero attached hydrogens (tertiary/aromatic N) is 2. The summed E-state index contributed by atoms with van der Waals surface area (Å²) in [5.74, 6) is -0.627. The molecule has 32 heavy (non-hydrogen) atoms. The maximum atomic E-state index is 14.5. The fraction of sp³-hybridized carbons (Fsp3) is 0.0769. The van der Waals surface area contributed by atoms with Gasteiger partial charge in [0.25, 0.3) is 0 Å². The molecule has 4 rings (SSSR count). The van der Waals surface area contributed by atoms with E-state index in [4.69, 9.17) is 14.7 Å². The smallest absolute Gasteiger partial charge is 0.165 e. The third-order valence-corrected chi connectivity index (χ3v) is 4.95. The van der Waals surface area contributed by atoms with Gasteiger partial charge in [0.2, 0.25) is 0 Å². The summed E-state index contributed by atoms with van der Waals surface area (Å²) >= 11 is 0. The minimum Gasteiger partial charge on any atom is -0.494 e. The van der Waals surface area contributed by atoms with Crippen LogP contribution in [-0.2, 0) is 6.61 Å². The van der Waals surface area contributed by atoms with Crippen LogP contribution in [0.1, 0.15) is 11.1 Å².